The second kappa shape index (κ2) is 3.91. The van der Waals surface area contributed by atoms with Gasteiger partial charge in [-0.1, -0.05) is 0 Å². The molecule has 1 fully saturated rings. The molecule has 60 valence electrons. The Balaban J connectivity index is 2.18. The van der Waals surface area contributed by atoms with Crippen molar-refractivity contribution in [2.75, 3.05) is 20.3 Å². The van der Waals surface area contributed by atoms with E-state index >= 15 is 0 Å². The van der Waals surface area contributed by atoms with Gasteiger partial charge in [-0.15, -0.1) is 0 Å². The van der Waals surface area contributed by atoms with Crippen LogP contribution >= 0.6 is 0 Å². The van der Waals surface area contributed by atoms with Crippen LogP contribution in [-0.2, 0) is 9.47 Å². The average Bonchev–Trinajstić information content (AvgIpc) is 1.88. The Morgan fingerprint density at radius 2 is 2.50 bits per heavy atom. The topological polar surface area (TPSA) is 38.7 Å². The van der Waals surface area contributed by atoms with Crippen LogP contribution in [-0.4, -0.2) is 37.6 Å². The highest BCUT2D eigenvalue weighted by Gasteiger charge is 2.19. The fourth-order valence-electron chi connectivity index (χ4n) is 1.16. The normalized spacial score (nSPS) is 34.2. The van der Waals surface area contributed by atoms with Crippen LogP contribution < -0.4 is 0 Å². The van der Waals surface area contributed by atoms with E-state index in [1.807, 2.05) is 0 Å². The molecule has 0 aliphatic carbocycles. The molecule has 0 amide bonds. The Morgan fingerprint density at radius 3 is 3.10 bits per heavy atom. The second-order valence-corrected chi connectivity index (χ2v) is 2.63. The molecule has 1 N–H and O–H groups in total. The van der Waals surface area contributed by atoms with E-state index in [-0.39, 0.29) is 12.2 Å². The largest absolute Gasteiger partial charge is 0.393 e. The maximum Gasteiger partial charge on any atom is 0.0832 e. The van der Waals surface area contributed by atoms with Gasteiger partial charge in [0.2, 0.25) is 0 Å². The van der Waals surface area contributed by atoms with Crippen molar-refractivity contribution in [1.29, 1.82) is 0 Å². The first-order chi connectivity index (χ1) is 4.83. The zero-order valence-electron chi connectivity index (χ0n) is 6.25. The molecule has 1 aliphatic heterocycles. The van der Waals surface area contributed by atoms with Gasteiger partial charge in [-0.05, 0) is 6.42 Å². The third-order valence-electron chi connectivity index (χ3n) is 1.69. The summed E-state index contributed by atoms with van der Waals surface area (Å²) in [6.45, 7) is 1.26. The molecular formula is C7H14O3. The molecule has 0 bridgehead atoms. The van der Waals surface area contributed by atoms with Crippen LogP contribution in [0.2, 0.25) is 0 Å². The molecule has 0 radical (unpaired) electrons. The van der Waals surface area contributed by atoms with Crippen LogP contribution in [0.1, 0.15) is 12.8 Å². The smallest absolute Gasteiger partial charge is 0.0832 e. The van der Waals surface area contributed by atoms with Crippen molar-refractivity contribution < 1.29 is 14.6 Å². The standard InChI is InChI=1S/C7H14O3/c1-9-5-7-4-6(8)2-3-10-7/h6-8H,2-5H2,1H3/t6-,7+/m1/s1. The summed E-state index contributed by atoms with van der Waals surface area (Å²) in [5.41, 5.74) is 0. The molecule has 0 aromatic rings. The average molecular weight is 146 g/mol. The van der Waals surface area contributed by atoms with Gasteiger partial charge in [0.15, 0.2) is 0 Å². The van der Waals surface area contributed by atoms with Gasteiger partial charge in [-0.3, -0.25) is 0 Å². The highest BCUT2D eigenvalue weighted by molar-refractivity contribution is 4.69. The molecule has 0 saturated carbocycles. The first-order valence-electron chi connectivity index (χ1n) is 3.61. The lowest BCUT2D eigenvalue weighted by molar-refractivity contribution is -0.0713. The molecule has 0 aromatic heterocycles. The number of rotatable bonds is 2. The van der Waals surface area contributed by atoms with Crippen molar-refractivity contribution >= 4 is 0 Å². The SMILES string of the molecule is COC[C@@H]1C[C@H](O)CCO1. The number of hydrogen-bond acceptors (Lipinski definition) is 3. The Kier molecular flexibility index (Phi) is 3.12. The van der Waals surface area contributed by atoms with Crippen LogP contribution in [0.5, 0.6) is 0 Å². The summed E-state index contributed by atoms with van der Waals surface area (Å²) in [5.74, 6) is 0. The molecular weight excluding hydrogens is 132 g/mol. The predicted octanol–water partition coefficient (Wildman–Crippen LogP) is 0.173. The quantitative estimate of drug-likeness (QED) is 0.603. The molecule has 2 atom stereocenters. The highest BCUT2D eigenvalue weighted by atomic mass is 16.5. The lowest BCUT2D eigenvalue weighted by atomic mass is 10.1. The minimum absolute atomic E-state index is 0.105. The summed E-state index contributed by atoms with van der Waals surface area (Å²) in [6, 6.07) is 0. The predicted molar refractivity (Wildman–Crippen MR) is 36.9 cm³/mol. The van der Waals surface area contributed by atoms with Crippen molar-refractivity contribution in [1.82, 2.24) is 0 Å². The van der Waals surface area contributed by atoms with Crippen LogP contribution in [0.25, 0.3) is 0 Å². The minimum atomic E-state index is -0.186. The van der Waals surface area contributed by atoms with Gasteiger partial charge < -0.3 is 14.6 Å². The lowest BCUT2D eigenvalue weighted by Gasteiger charge is -2.25. The number of hydrogen-bond donors (Lipinski definition) is 1. The number of aliphatic hydroxyl groups is 1. The molecule has 3 heteroatoms. The van der Waals surface area contributed by atoms with Crippen LogP contribution in [0, 0.1) is 0 Å². The van der Waals surface area contributed by atoms with E-state index in [4.69, 9.17) is 9.47 Å². The summed E-state index contributed by atoms with van der Waals surface area (Å²) in [5, 5.41) is 9.17. The van der Waals surface area contributed by atoms with E-state index in [0.29, 0.717) is 19.6 Å². The summed E-state index contributed by atoms with van der Waals surface area (Å²) < 4.78 is 10.2. The van der Waals surface area contributed by atoms with Crippen molar-refractivity contribution in [3.05, 3.63) is 0 Å². The van der Waals surface area contributed by atoms with E-state index in [9.17, 15) is 5.11 Å². The van der Waals surface area contributed by atoms with Crippen LogP contribution in [0.4, 0.5) is 0 Å². The molecule has 0 aromatic carbocycles. The number of ether oxygens (including phenoxy) is 2. The summed E-state index contributed by atoms with van der Waals surface area (Å²) in [6.07, 6.45) is 1.40. The van der Waals surface area contributed by atoms with Gasteiger partial charge in [0.25, 0.3) is 0 Å². The van der Waals surface area contributed by atoms with Crippen LogP contribution in [0.15, 0.2) is 0 Å². The highest BCUT2D eigenvalue weighted by Crippen LogP contribution is 2.13. The fourth-order valence-corrected chi connectivity index (χ4v) is 1.16. The second-order valence-electron chi connectivity index (χ2n) is 2.63. The maximum absolute atomic E-state index is 9.17. The Labute approximate surface area is 60.9 Å². The first-order valence-corrected chi connectivity index (χ1v) is 3.61. The van der Waals surface area contributed by atoms with E-state index in [0.717, 1.165) is 6.42 Å². The summed E-state index contributed by atoms with van der Waals surface area (Å²) >= 11 is 0. The molecule has 0 spiro atoms. The molecule has 1 rings (SSSR count). The van der Waals surface area contributed by atoms with Gasteiger partial charge >= 0.3 is 0 Å². The Hall–Kier alpha value is -0.120. The number of methoxy groups -OCH3 is 1. The van der Waals surface area contributed by atoms with Gasteiger partial charge in [0.05, 0.1) is 18.8 Å². The first kappa shape index (κ1) is 7.98. The molecule has 1 saturated heterocycles. The maximum atomic E-state index is 9.17. The minimum Gasteiger partial charge on any atom is -0.393 e. The van der Waals surface area contributed by atoms with Crippen LogP contribution in [0.3, 0.4) is 0 Å². The third-order valence-corrected chi connectivity index (χ3v) is 1.69. The van der Waals surface area contributed by atoms with E-state index < -0.39 is 0 Å². The van der Waals surface area contributed by atoms with Gasteiger partial charge in [-0.25, -0.2) is 0 Å². The van der Waals surface area contributed by atoms with Gasteiger partial charge in [0, 0.05) is 20.1 Å². The van der Waals surface area contributed by atoms with E-state index in [1.54, 1.807) is 7.11 Å². The monoisotopic (exact) mass is 146 g/mol. The van der Waals surface area contributed by atoms with Gasteiger partial charge in [0.1, 0.15) is 0 Å². The zero-order valence-corrected chi connectivity index (χ0v) is 6.25. The fraction of sp³-hybridized carbons (Fsp3) is 1.00. The van der Waals surface area contributed by atoms with Gasteiger partial charge in [-0.2, -0.15) is 0 Å². The molecule has 1 aliphatic rings. The molecule has 0 unspecified atom stereocenters. The lowest BCUT2D eigenvalue weighted by Crippen LogP contribution is -2.31. The third kappa shape index (κ3) is 2.25. The van der Waals surface area contributed by atoms with E-state index in [1.165, 1.54) is 0 Å². The molecule has 10 heavy (non-hydrogen) atoms. The van der Waals surface area contributed by atoms with E-state index in [2.05, 4.69) is 0 Å². The summed E-state index contributed by atoms with van der Waals surface area (Å²) in [7, 11) is 1.64. The molecule has 1 heterocycles. The van der Waals surface area contributed by atoms with Crippen molar-refractivity contribution in [2.24, 2.45) is 0 Å². The Morgan fingerprint density at radius 1 is 1.70 bits per heavy atom. The van der Waals surface area contributed by atoms with Crippen molar-refractivity contribution in [3.8, 4) is 0 Å². The number of aliphatic hydroxyl groups excluding tert-OH is 1. The van der Waals surface area contributed by atoms with Crippen molar-refractivity contribution in [3.63, 3.8) is 0 Å². The zero-order chi connectivity index (χ0) is 7.40. The molecule has 3 nitrogen and oxygen atoms in total. The summed E-state index contributed by atoms with van der Waals surface area (Å²) in [4.78, 5) is 0. The van der Waals surface area contributed by atoms with Crippen molar-refractivity contribution in [2.45, 2.75) is 25.0 Å². The Bertz CT molecular complexity index is 92.9.